The molecule has 8 heteroatoms. The summed E-state index contributed by atoms with van der Waals surface area (Å²) in [7, 11) is 0. The summed E-state index contributed by atoms with van der Waals surface area (Å²) >= 11 is 0. The zero-order valence-corrected chi connectivity index (χ0v) is 22.2. The number of hydrogen-bond acceptors (Lipinski definition) is 5. The Kier molecular flexibility index (Phi) is 6.03. The number of hydrogen-bond donors (Lipinski definition) is 1. The van der Waals surface area contributed by atoms with Crippen LogP contribution in [-0.4, -0.2) is 62.3 Å². The molecule has 3 aromatic rings. The van der Waals surface area contributed by atoms with Crippen molar-refractivity contribution in [1.82, 2.24) is 19.5 Å². The van der Waals surface area contributed by atoms with Crippen LogP contribution in [0.4, 0.5) is 10.1 Å². The van der Waals surface area contributed by atoms with E-state index < -0.39 is 0 Å². The van der Waals surface area contributed by atoms with Gasteiger partial charge in [-0.05, 0) is 69.2 Å². The van der Waals surface area contributed by atoms with Crippen LogP contribution in [0.2, 0.25) is 0 Å². The van der Waals surface area contributed by atoms with Gasteiger partial charge in [0.25, 0.3) is 5.91 Å². The lowest BCUT2D eigenvalue weighted by molar-refractivity contribution is 0.0511. The van der Waals surface area contributed by atoms with E-state index in [1.165, 1.54) is 6.07 Å². The van der Waals surface area contributed by atoms with E-state index in [0.29, 0.717) is 53.4 Å². The molecule has 0 spiro atoms. The van der Waals surface area contributed by atoms with Gasteiger partial charge in [-0.3, -0.25) is 4.79 Å². The van der Waals surface area contributed by atoms with Crippen LogP contribution in [0, 0.1) is 17.7 Å². The number of aliphatic hydroxyl groups excluding tert-OH is 1. The number of piperidine rings is 2. The van der Waals surface area contributed by atoms with Gasteiger partial charge in [0.15, 0.2) is 5.65 Å². The number of allylic oxidation sites excluding steroid dienone is 3. The van der Waals surface area contributed by atoms with Crippen molar-refractivity contribution in [1.29, 1.82) is 0 Å². The SMILES string of the molecule is C[C@@H]1C2C=CC=CC2CCN1C(=O)c1cc(C2CC2)n2nc(-c3ccc(N4CCCC(O)C4)cc3F)cc2n1. The van der Waals surface area contributed by atoms with E-state index in [-0.39, 0.29) is 23.9 Å². The number of fused-ring (bicyclic) bond motifs is 2. The summed E-state index contributed by atoms with van der Waals surface area (Å²) in [6.07, 6.45) is 13.0. The van der Waals surface area contributed by atoms with E-state index in [0.717, 1.165) is 50.0 Å². The number of benzene rings is 1. The summed E-state index contributed by atoms with van der Waals surface area (Å²) in [5.41, 5.74) is 3.66. The topological polar surface area (TPSA) is 74.0 Å². The summed E-state index contributed by atoms with van der Waals surface area (Å²) in [4.78, 5) is 22.5. The first-order valence-electron chi connectivity index (χ1n) is 14.3. The van der Waals surface area contributed by atoms with E-state index >= 15 is 4.39 Å². The summed E-state index contributed by atoms with van der Waals surface area (Å²) in [5, 5.41) is 14.8. The van der Waals surface area contributed by atoms with E-state index in [4.69, 9.17) is 10.1 Å². The minimum atomic E-state index is -0.380. The van der Waals surface area contributed by atoms with Crippen LogP contribution in [0.5, 0.6) is 0 Å². The van der Waals surface area contributed by atoms with Crippen molar-refractivity contribution in [2.45, 2.75) is 57.1 Å². The van der Waals surface area contributed by atoms with Gasteiger partial charge in [-0.15, -0.1) is 0 Å². The molecule has 1 aromatic carbocycles. The quantitative estimate of drug-likeness (QED) is 0.519. The van der Waals surface area contributed by atoms with Crippen LogP contribution in [-0.2, 0) is 0 Å². The molecule has 0 radical (unpaired) electrons. The molecule has 2 aliphatic carbocycles. The number of carbonyl (C=O) groups excluding carboxylic acids is 1. The largest absolute Gasteiger partial charge is 0.391 e. The van der Waals surface area contributed by atoms with Crippen molar-refractivity contribution in [2.24, 2.45) is 11.8 Å². The molecule has 0 bridgehead atoms. The molecule has 3 fully saturated rings. The first kappa shape index (κ1) is 24.5. The Bertz CT molecular complexity index is 1490. The third-order valence-corrected chi connectivity index (χ3v) is 8.97. The van der Waals surface area contributed by atoms with Crippen molar-refractivity contribution in [2.75, 3.05) is 24.5 Å². The Morgan fingerprint density at radius 1 is 1.05 bits per heavy atom. The first-order chi connectivity index (χ1) is 19.0. The molecule has 1 N–H and O–H groups in total. The van der Waals surface area contributed by atoms with Gasteiger partial charge in [0.2, 0.25) is 0 Å². The fourth-order valence-electron chi connectivity index (χ4n) is 6.62. The maximum Gasteiger partial charge on any atom is 0.272 e. The highest BCUT2D eigenvalue weighted by Gasteiger charge is 2.37. The Labute approximate surface area is 227 Å². The van der Waals surface area contributed by atoms with Crippen LogP contribution in [0.1, 0.15) is 61.1 Å². The maximum atomic E-state index is 15.4. The second-order valence-electron chi connectivity index (χ2n) is 11.6. The maximum absolute atomic E-state index is 15.4. The monoisotopic (exact) mass is 527 g/mol. The molecule has 202 valence electrons. The lowest BCUT2D eigenvalue weighted by atomic mass is 9.78. The highest BCUT2D eigenvalue weighted by atomic mass is 19.1. The zero-order chi connectivity index (χ0) is 26.7. The molecule has 2 saturated heterocycles. The molecule has 7 nitrogen and oxygen atoms in total. The van der Waals surface area contributed by atoms with Crippen LogP contribution < -0.4 is 4.90 Å². The van der Waals surface area contributed by atoms with E-state index in [1.54, 1.807) is 16.6 Å². The normalized spacial score (nSPS) is 26.7. The summed E-state index contributed by atoms with van der Waals surface area (Å²) < 4.78 is 17.2. The Balaban J connectivity index is 1.21. The molecule has 2 aliphatic heterocycles. The molecule has 2 aromatic heterocycles. The third kappa shape index (κ3) is 4.44. The van der Waals surface area contributed by atoms with Gasteiger partial charge < -0.3 is 14.9 Å². The van der Waals surface area contributed by atoms with Crippen LogP contribution >= 0.6 is 0 Å². The molecule has 1 amide bonds. The number of amides is 1. The number of carbonyl (C=O) groups is 1. The smallest absolute Gasteiger partial charge is 0.272 e. The molecule has 4 aliphatic rings. The summed E-state index contributed by atoms with van der Waals surface area (Å²) in [6, 6.07) is 8.96. The predicted molar refractivity (Wildman–Crippen MR) is 148 cm³/mol. The Morgan fingerprint density at radius 2 is 1.90 bits per heavy atom. The fourth-order valence-corrected chi connectivity index (χ4v) is 6.62. The van der Waals surface area contributed by atoms with Gasteiger partial charge >= 0.3 is 0 Å². The lowest BCUT2D eigenvalue weighted by Gasteiger charge is -2.42. The number of rotatable bonds is 4. The molecule has 7 rings (SSSR count). The number of likely N-dealkylation sites (tertiary alicyclic amines) is 1. The van der Waals surface area contributed by atoms with Crippen LogP contribution in [0.3, 0.4) is 0 Å². The van der Waals surface area contributed by atoms with Gasteiger partial charge in [0.1, 0.15) is 11.5 Å². The fraction of sp³-hybridized carbons (Fsp3) is 0.452. The number of anilines is 1. The molecule has 1 saturated carbocycles. The number of aromatic nitrogens is 3. The molecule has 3 unspecified atom stereocenters. The molecule has 39 heavy (non-hydrogen) atoms. The van der Waals surface area contributed by atoms with Crippen molar-refractivity contribution in [3.05, 3.63) is 71.8 Å². The van der Waals surface area contributed by atoms with E-state index in [2.05, 4.69) is 31.2 Å². The summed E-state index contributed by atoms with van der Waals surface area (Å²) in [6.45, 7) is 4.16. The van der Waals surface area contributed by atoms with Gasteiger partial charge in [-0.2, -0.15) is 5.10 Å². The van der Waals surface area contributed by atoms with E-state index in [9.17, 15) is 9.90 Å². The Hall–Kier alpha value is -3.52. The summed E-state index contributed by atoms with van der Waals surface area (Å²) in [5.74, 6) is 0.731. The predicted octanol–water partition coefficient (Wildman–Crippen LogP) is 4.97. The highest BCUT2D eigenvalue weighted by Crippen LogP contribution is 2.41. The second-order valence-corrected chi connectivity index (χ2v) is 11.6. The number of β-amino-alcohol motifs (C(OH)–C–C–N with tert-alkyl or cyclic N) is 1. The third-order valence-electron chi connectivity index (χ3n) is 8.97. The minimum absolute atomic E-state index is 0.0460. The van der Waals surface area contributed by atoms with Gasteiger partial charge in [-0.1, -0.05) is 24.3 Å². The number of halogens is 1. The molecule has 4 atom stereocenters. The van der Waals surface area contributed by atoms with Gasteiger partial charge in [0.05, 0.1) is 11.8 Å². The average molecular weight is 528 g/mol. The van der Waals surface area contributed by atoms with Crippen molar-refractivity contribution < 1.29 is 14.3 Å². The zero-order valence-electron chi connectivity index (χ0n) is 22.2. The van der Waals surface area contributed by atoms with Crippen molar-refractivity contribution >= 4 is 17.2 Å². The van der Waals surface area contributed by atoms with E-state index in [1.807, 2.05) is 21.9 Å². The highest BCUT2D eigenvalue weighted by molar-refractivity contribution is 5.93. The molecular weight excluding hydrogens is 493 g/mol. The number of aliphatic hydroxyl groups is 1. The minimum Gasteiger partial charge on any atom is -0.391 e. The molecule has 4 heterocycles. The standard InChI is InChI=1S/C31H34FN5O2/c1-19-24-7-3-2-5-20(24)12-14-36(19)31(39)28-16-29(21-8-9-21)37-30(33-28)17-27(34-37)25-11-10-22(15-26(25)32)35-13-4-6-23(38)18-35/h2-3,5,7,10-11,15-17,19-21,23-24,38H,4,6,8-9,12-14,18H2,1H3/t19-,20?,23?,24?/m1/s1. The second kappa shape index (κ2) is 9.59. The lowest BCUT2D eigenvalue weighted by Crippen LogP contribution is -2.49. The van der Waals surface area contributed by atoms with Gasteiger partial charge in [-0.25, -0.2) is 13.9 Å². The first-order valence-corrected chi connectivity index (χ1v) is 14.3. The van der Waals surface area contributed by atoms with Gasteiger partial charge in [0, 0.05) is 60.5 Å². The van der Waals surface area contributed by atoms with Crippen molar-refractivity contribution in [3.8, 4) is 11.3 Å². The van der Waals surface area contributed by atoms with Crippen LogP contribution in [0.15, 0.2) is 54.6 Å². The van der Waals surface area contributed by atoms with Crippen molar-refractivity contribution in [3.63, 3.8) is 0 Å². The average Bonchev–Trinajstić information content (AvgIpc) is 3.70. The van der Waals surface area contributed by atoms with Crippen LogP contribution in [0.25, 0.3) is 16.9 Å². The Morgan fingerprint density at radius 3 is 2.69 bits per heavy atom. The number of nitrogens with zero attached hydrogens (tertiary/aromatic N) is 5. The molecular formula is C31H34FN5O2.